The van der Waals surface area contributed by atoms with E-state index in [1.165, 1.54) is 250 Å². The van der Waals surface area contributed by atoms with E-state index in [0.717, 1.165) is 108 Å². The number of hydrogen-bond acceptors (Lipinski definition) is 15. The third kappa shape index (κ3) is 75.3. The molecule has 0 saturated heterocycles. The third-order valence-electron chi connectivity index (χ3n) is 20.4. The molecule has 0 aliphatic rings. The van der Waals surface area contributed by atoms with Crippen molar-refractivity contribution in [2.24, 2.45) is 17.8 Å². The van der Waals surface area contributed by atoms with Gasteiger partial charge in [0.25, 0.3) is 0 Å². The first-order valence-electron chi connectivity index (χ1n) is 43.4. The fourth-order valence-electron chi connectivity index (χ4n) is 13.0. The standard InChI is InChI=1S/C84H164O17P2/c1-8-11-12-13-14-15-28-37-44-51-58-65-81(86)94-72-80(101-84(89)68-61-54-47-40-33-34-41-48-55-62-75(4)5)74-99-103(92,93)97-70-78(85)69-96-102(90,91)98-73-79(71-95-82(87)66-59-52-45-38-31-26-23-22-25-30-36-43-50-57-64-77(7)10-3)100-83(88)67-60-53-46-39-32-27-21-19-17-16-18-20-24-29-35-42-49-56-63-76(6)9-2/h75-80,85H,8-74H2,1-7H3,(H,90,91)(H,92,93)/t76?,77?,78-,79-,80-/m1/s1. The van der Waals surface area contributed by atoms with Crippen LogP contribution in [0, 0.1) is 17.8 Å². The van der Waals surface area contributed by atoms with Crippen LogP contribution in [0.3, 0.4) is 0 Å². The quantitative estimate of drug-likeness (QED) is 0.0222. The highest BCUT2D eigenvalue weighted by atomic mass is 31.2. The summed E-state index contributed by atoms with van der Waals surface area (Å²) < 4.78 is 68.8. The van der Waals surface area contributed by atoms with Crippen LogP contribution in [0.1, 0.15) is 440 Å². The summed E-state index contributed by atoms with van der Waals surface area (Å²) in [7, 11) is -9.92. The van der Waals surface area contributed by atoms with E-state index in [0.29, 0.717) is 25.7 Å². The van der Waals surface area contributed by atoms with Gasteiger partial charge in [-0.2, -0.15) is 0 Å². The first-order chi connectivity index (χ1) is 49.8. The summed E-state index contributed by atoms with van der Waals surface area (Å²) >= 11 is 0. The number of carbonyl (C=O) groups excluding carboxylic acids is 4. The van der Waals surface area contributed by atoms with Crippen molar-refractivity contribution in [1.82, 2.24) is 0 Å². The molecule has 0 aromatic rings. The molecule has 0 saturated carbocycles. The number of phosphoric ester groups is 2. The minimum absolute atomic E-state index is 0.106. The molecule has 0 aromatic heterocycles. The van der Waals surface area contributed by atoms with E-state index < -0.39 is 97.5 Å². The molecule has 19 heteroatoms. The molecule has 612 valence electrons. The Morgan fingerprint density at radius 1 is 0.282 bits per heavy atom. The molecule has 0 fully saturated rings. The summed E-state index contributed by atoms with van der Waals surface area (Å²) in [5.74, 6) is 0.350. The van der Waals surface area contributed by atoms with Crippen molar-refractivity contribution in [1.29, 1.82) is 0 Å². The molecule has 3 N–H and O–H groups in total. The van der Waals surface area contributed by atoms with Gasteiger partial charge >= 0.3 is 39.5 Å². The van der Waals surface area contributed by atoms with Crippen LogP contribution in [0.5, 0.6) is 0 Å². The molecule has 0 aliphatic heterocycles. The lowest BCUT2D eigenvalue weighted by Crippen LogP contribution is -2.30. The predicted molar refractivity (Wildman–Crippen MR) is 423 cm³/mol. The number of carbonyl (C=O) groups is 4. The van der Waals surface area contributed by atoms with Crippen LogP contribution in [-0.4, -0.2) is 96.7 Å². The zero-order valence-corrected chi connectivity index (χ0v) is 69.6. The molecule has 17 nitrogen and oxygen atoms in total. The number of hydrogen-bond donors (Lipinski definition) is 3. The second kappa shape index (κ2) is 74.2. The summed E-state index contributed by atoms with van der Waals surface area (Å²) in [5.41, 5.74) is 0. The number of aliphatic hydroxyl groups excluding tert-OH is 1. The van der Waals surface area contributed by atoms with Gasteiger partial charge in [0.15, 0.2) is 12.2 Å². The minimum atomic E-state index is -4.96. The van der Waals surface area contributed by atoms with Crippen molar-refractivity contribution in [3.8, 4) is 0 Å². The molecule has 0 radical (unpaired) electrons. The summed E-state index contributed by atoms with van der Waals surface area (Å²) in [5, 5.41) is 10.7. The topological polar surface area (TPSA) is 237 Å². The first-order valence-corrected chi connectivity index (χ1v) is 46.4. The van der Waals surface area contributed by atoms with E-state index in [9.17, 15) is 43.2 Å². The Hall–Kier alpha value is -1.94. The number of esters is 4. The molecule has 4 unspecified atom stereocenters. The van der Waals surface area contributed by atoms with Crippen molar-refractivity contribution < 1.29 is 80.2 Å². The lowest BCUT2D eigenvalue weighted by atomic mass is 9.99. The highest BCUT2D eigenvalue weighted by Gasteiger charge is 2.30. The summed E-state index contributed by atoms with van der Waals surface area (Å²) in [4.78, 5) is 73.1. The van der Waals surface area contributed by atoms with E-state index in [1.807, 2.05) is 0 Å². The van der Waals surface area contributed by atoms with Crippen molar-refractivity contribution in [2.45, 2.75) is 458 Å². The Labute approximate surface area is 632 Å². The van der Waals surface area contributed by atoms with Crippen molar-refractivity contribution in [3.05, 3.63) is 0 Å². The second-order valence-corrected chi connectivity index (χ2v) is 34.1. The average molecular weight is 1510 g/mol. The van der Waals surface area contributed by atoms with Gasteiger partial charge in [-0.25, -0.2) is 9.13 Å². The average Bonchev–Trinajstić information content (AvgIpc) is 0.919. The van der Waals surface area contributed by atoms with Crippen molar-refractivity contribution >= 4 is 39.5 Å². The SMILES string of the molecule is CCCCCCCCCCCCCC(=O)OC[C@H](COP(=O)(O)OC[C@H](O)COP(=O)(O)OC[C@@H](COC(=O)CCCCCCCCCCCCCCCCC(C)CC)OC(=O)CCCCCCCCCCCCCCCCCCCCC(C)CC)OC(=O)CCCCCCCCCCCC(C)C. The number of ether oxygens (including phenoxy) is 4. The normalized spacial score (nSPS) is 14.4. The maximum Gasteiger partial charge on any atom is 0.472 e. The molecule has 0 rings (SSSR count). The molecule has 0 bridgehead atoms. The molecule has 103 heavy (non-hydrogen) atoms. The van der Waals surface area contributed by atoms with Crippen LogP contribution >= 0.6 is 15.6 Å². The van der Waals surface area contributed by atoms with Crippen LogP contribution in [-0.2, 0) is 65.4 Å². The molecule has 0 aromatic carbocycles. The van der Waals surface area contributed by atoms with E-state index in [2.05, 4.69) is 48.5 Å². The van der Waals surface area contributed by atoms with Gasteiger partial charge in [-0.1, -0.05) is 389 Å². The van der Waals surface area contributed by atoms with Gasteiger partial charge in [0.1, 0.15) is 19.3 Å². The van der Waals surface area contributed by atoms with Gasteiger partial charge in [0.05, 0.1) is 26.4 Å². The molecular weight excluding hydrogens is 1340 g/mol. The Bertz CT molecular complexity index is 2000. The zero-order chi connectivity index (χ0) is 75.8. The largest absolute Gasteiger partial charge is 0.472 e. The fraction of sp³-hybridized carbons (Fsp3) is 0.952. The number of rotatable bonds is 82. The summed E-state index contributed by atoms with van der Waals surface area (Å²) in [6.45, 7) is 12.1. The van der Waals surface area contributed by atoms with E-state index in [4.69, 9.17) is 37.0 Å². The van der Waals surface area contributed by atoms with Crippen LogP contribution < -0.4 is 0 Å². The first kappa shape index (κ1) is 101. The highest BCUT2D eigenvalue weighted by Crippen LogP contribution is 2.45. The molecular formula is C84H164O17P2. The Kier molecular flexibility index (Phi) is 72.8. The van der Waals surface area contributed by atoms with Crippen molar-refractivity contribution in [3.63, 3.8) is 0 Å². The number of unbranched alkanes of at least 4 members (excludes halogenated alkanes) is 48. The molecule has 0 amide bonds. The van der Waals surface area contributed by atoms with Gasteiger partial charge in [0.2, 0.25) is 0 Å². The van der Waals surface area contributed by atoms with Gasteiger partial charge in [0, 0.05) is 25.7 Å². The summed E-state index contributed by atoms with van der Waals surface area (Å²) in [6.07, 6.45) is 63.8. The maximum absolute atomic E-state index is 13.1. The monoisotopic (exact) mass is 1510 g/mol. The molecule has 0 spiro atoms. The van der Waals surface area contributed by atoms with E-state index >= 15 is 0 Å². The van der Waals surface area contributed by atoms with Crippen LogP contribution in [0.2, 0.25) is 0 Å². The number of aliphatic hydroxyl groups is 1. The van der Waals surface area contributed by atoms with Crippen LogP contribution in [0.25, 0.3) is 0 Å². The Balaban J connectivity index is 5.22. The number of phosphoric acid groups is 2. The smallest absolute Gasteiger partial charge is 0.462 e. The van der Waals surface area contributed by atoms with Gasteiger partial charge in [-0.15, -0.1) is 0 Å². The fourth-order valence-corrected chi connectivity index (χ4v) is 14.5. The maximum atomic E-state index is 13.1. The van der Waals surface area contributed by atoms with E-state index in [-0.39, 0.29) is 25.7 Å². The Morgan fingerprint density at radius 2 is 0.495 bits per heavy atom. The highest BCUT2D eigenvalue weighted by molar-refractivity contribution is 7.47. The molecule has 7 atom stereocenters. The third-order valence-corrected chi connectivity index (χ3v) is 22.3. The van der Waals surface area contributed by atoms with Crippen LogP contribution in [0.15, 0.2) is 0 Å². The lowest BCUT2D eigenvalue weighted by molar-refractivity contribution is -0.161. The second-order valence-electron chi connectivity index (χ2n) is 31.2. The Morgan fingerprint density at radius 3 is 0.738 bits per heavy atom. The predicted octanol–water partition coefficient (Wildman–Crippen LogP) is 25.3. The van der Waals surface area contributed by atoms with Gasteiger partial charge in [-0.3, -0.25) is 37.3 Å². The van der Waals surface area contributed by atoms with E-state index in [1.54, 1.807) is 0 Å². The summed E-state index contributed by atoms with van der Waals surface area (Å²) in [6, 6.07) is 0. The van der Waals surface area contributed by atoms with Crippen molar-refractivity contribution in [2.75, 3.05) is 39.6 Å². The minimum Gasteiger partial charge on any atom is -0.462 e. The molecule has 0 aliphatic carbocycles. The van der Waals surface area contributed by atoms with Crippen LogP contribution in [0.4, 0.5) is 0 Å². The van der Waals surface area contributed by atoms with Gasteiger partial charge < -0.3 is 33.8 Å². The molecule has 0 heterocycles. The van der Waals surface area contributed by atoms with Gasteiger partial charge in [-0.05, 0) is 43.4 Å². The zero-order valence-electron chi connectivity index (χ0n) is 67.8. The lowest BCUT2D eigenvalue weighted by Gasteiger charge is -2.21.